The van der Waals surface area contributed by atoms with Crippen LogP contribution in [0.2, 0.25) is 0 Å². The zero-order valence-electron chi connectivity index (χ0n) is 15.9. The summed E-state index contributed by atoms with van der Waals surface area (Å²) in [4.78, 5) is 49.4. The number of urea groups is 2. The van der Waals surface area contributed by atoms with Crippen LogP contribution in [0.25, 0.3) is 0 Å². The van der Waals surface area contributed by atoms with Crippen molar-refractivity contribution in [1.29, 1.82) is 0 Å². The van der Waals surface area contributed by atoms with Crippen molar-refractivity contribution < 1.29 is 23.9 Å². The van der Waals surface area contributed by atoms with Crippen molar-refractivity contribution in [2.75, 3.05) is 13.7 Å². The predicted molar refractivity (Wildman–Crippen MR) is 99.7 cm³/mol. The molecule has 0 unspecified atom stereocenters. The van der Waals surface area contributed by atoms with E-state index in [-0.39, 0.29) is 6.04 Å². The maximum absolute atomic E-state index is 12.7. The Morgan fingerprint density at radius 1 is 1.25 bits per heavy atom. The number of ether oxygens (including phenoxy) is 1. The lowest BCUT2D eigenvalue weighted by atomic mass is 9.93. The first-order valence-electron chi connectivity index (χ1n) is 9.18. The number of imide groups is 2. The van der Waals surface area contributed by atoms with Crippen LogP contribution < -0.4 is 20.7 Å². The van der Waals surface area contributed by atoms with E-state index in [9.17, 15) is 19.2 Å². The second-order valence-corrected chi connectivity index (χ2v) is 7.30. The molecule has 6 amide bonds. The monoisotopic (exact) mass is 388 g/mol. The largest absolute Gasteiger partial charge is 0.497 e. The van der Waals surface area contributed by atoms with Gasteiger partial charge in [-0.05, 0) is 50.3 Å². The molecule has 1 atom stereocenters. The molecule has 1 aromatic carbocycles. The van der Waals surface area contributed by atoms with Crippen LogP contribution in [0, 0.1) is 0 Å². The first-order chi connectivity index (χ1) is 13.3. The summed E-state index contributed by atoms with van der Waals surface area (Å²) in [7, 11) is 1.59. The van der Waals surface area contributed by atoms with Crippen molar-refractivity contribution in [3.05, 3.63) is 29.8 Å². The van der Waals surface area contributed by atoms with Gasteiger partial charge in [-0.1, -0.05) is 12.1 Å². The third-order valence-corrected chi connectivity index (χ3v) is 4.89. The molecule has 0 radical (unpaired) electrons. The molecule has 0 aromatic heterocycles. The van der Waals surface area contributed by atoms with Crippen molar-refractivity contribution >= 4 is 23.9 Å². The topological polar surface area (TPSA) is 117 Å². The Labute approximate surface area is 162 Å². The van der Waals surface area contributed by atoms with E-state index in [0.29, 0.717) is 12.8 Å². The van der Waals surface area contributed by atoms with Crippen molar-refractivity contribution in [2.24, 2.45) is 0 Å². The molecule has 3 N–H and O–H groups in total. The maximum atomic E-state index is 12.7. The fraction of sp³-hybridized carbons (Fsp3) is 0.474. The molecule has 28 heavy (non-hydrogen) atoms. The number of nitrogens with one attached hydrogen (secondary N) is 3. The zero-order valence-corrected chi connectivity index (χ0v) is 15.9. The highest BCUT2D eigenvalue weighted by molar-refractivity contribution is 6.09. The highest BCUT2D eigenvalue weighted by Crippen LogP contribution is 2.24. The van der Waals surface area contributed by atoms with E-state index in [2.05, 4.69) is 16.0 Å². The van der Waals surface area contributed by atoms with E-state index >= 15 is 0 Å². The van der Waals surface area contributed by atoms with E-state index in [1.54, 1.807) is 14.0 Å². The molecule has 3 rings (SSSR count). The van der Waals surface area contributed by atoms with Gasteiger partial charge in [-0.2, -0.15) is 0 Å². The summed E-state index contributed by atoms with van der Waals surface area (Å²) >= 11 is 0. The average Bonchev–Trinajstić information content (AvgIpc) is 3.44. The molecule has 1 saturated carbocycles. The van der Waals surface area contributed by atoms with E-state index in [0.717, 1.165) is 29.1 Å². The smallest absolute Gasteiger partial charge is 0.325 e. The van der Waals surface area contributed by atoms with Crippen LogP contribution >= 0.6 is 0 Å². The van der Waals surface area contributed by atoms with Crippen molar-refractivity contribution in [3.63, 3.8) is 0 Å². The molecule has 2 aliphatic rings. The predicted octanol–water partition coefficient (Wildman–Crippen LogP) is 0.927. The van der Waals surface area contributed by atoms with E-state index in [1.807, 2.05) is 24.3 Å². The maximum Gasteiger partial charge on any atom is 0.325 e. The molecule has 1 heterocycles. The molecule has 1 saturated heterocycles. The minimum atomic E-state index is -1.10. The number of hydrogen-bond donors (Lipinski definition) is 3. The third kappa shape index (κ3) is 4.59. The summed E-state index contributed by atoms with van der Waals surface area (Å²) < 4.78 is 5.12. The highest BCUT2D eigenvalue weighted by Gasteiger charge is 2.47. The minimum absolute atomic E-state index is 0.103. The van der Waals surface area contributed by atoms with Crippen LogP contribution in [0.5, 0.6) is 5.75 Å². The molecular weight excluding hydrogens is 364 g/mol. The van der Waals surface area contributed by atoms with E-state index in [1.165, 1.54) is 0 Å². The van der Waals surface area contributed by atoms with Gasteiger partial charge in [0, 0.05) is 6.04 Å². The van der Waals surface area contributed by atoms with Crippen LogP contribution in [0.15, 0.2) is 24.3 Å². The van der Waals surface area contributed by atoms with Gasteiger partial charge in [-0.15, -0.1) is 0 Å². The number of nitrogens with zero attached hydrogens (tertiary/aromatic N) is 1. The third-order valence-electron chi connectivity index (χ3n) is 4.89. The highest BCUT2D eigenvalue weighted by atomic mass is 16.5. The average molecular weight is 388 g/mol. The van der Waals surface area contributed by atoms with Gasteiger partial charge >= 0.3 is 12.1 Å². The lowest BCUT2D eigenvalue weighted by Crippen LogP contribution is -2.48. The number of carbonyl (C=O) groups excluding carboxylic acids is 4. The molecule has 9 heteroatoms. The quantitative estimate of drug-likeness (QED) is 0.601. The van der Waals surface area contributed by atoms with Gasteiger partial charge in [0.05, 0.1) is 7.11 Å². The van der Waals surface area contributed by atoms with Gasteiger partial charge in [-0.25, -0.2) is 9.59 Å². The number of carbonyl (C=O) groups is 4. The Hall–Kier alpha value is -3.10. The second kappa shape index (κ2) is 7.87. The van der Waals surface area contributed by atoms with Crippen LogP contribution in [0.4, 0.5) is 9.59 Å². The first kappa shape index (κ1) is 19.7. The van der Waals surface area contributed by atoms with Gasteiger partial charge in [0.2, 0.25) is 5.91 Å². The summed E-state index contributed by atoms with van der Waals surface area (Å²) in [5, 5.41) is 7.41. The Morgan fingerprint density at radius 3 is 2.54 bits per heavy atom. The molecular formula is C19H24N4O5. The van der Waals surface area contributed by atoms with Gasteiger partial charge in [0.25, 0.3) is 5.91 Å². The summed E-state index contributed by atoms with van der Waals surface area (Å²) in [6.45, 7) is 1.13. The minimum Gasteiger partial charge on any atom is -0.497 e. The fourth-order valence-electron chi connectivity index (χ4n) is 3.01. The SMILES string of the molecule is COc1ccc(CC[C@@]2(C)NC(=O)N(CC(=O)NC(=O)NC3CC3)C2=O)cc1. The Balaban J connectivity index is 1.54. The second-order valence-electron chi connectivity index (χ2n) is 7.30. The van der Waals surface area contributed by atoms with Crippen molar-refractivity contribution in [3.8, 4) is 5.75 Å². The fourth-order valence-corrected chi connectivity index (χ4v) is 3.01. The van der Waals surface area contributed by atoms with Gasteiger partial charge in [-0.3, -0.25) is 19.8 Å². The number of amides is 6. The number of hydrogen-bond acceptors (Lipinski definition) is 5. The molecule has 2 fully saturated rings. The summed E-state index contributed by atoms with van der Waals surface area (Å²) in [5.41, 5.74) is -0.106. The van der Waals surface area contributed by atoms with Crippen molar-refractivity contribution in [1.82, 2.24) is 20.9 Å². The lowest BCUT2D eigenvalue weighted by molar-refractivity contribution is -0.134. The normalized spacial score (nSPS) is 21.3. The van der Waals surface area contributed by atoms with E-state index < -0.39 is 36.0 Å². The molecule has 1 aliphatic heterocycles. The van der Waals surface area contributed by atoms with Gasteiger partial charge in [0.15, 0.2) is 0 Å². The molecule has 150 valence electrons. The first-order valence-corrected chi connectivity index (χ1v) is 9.18. The molecule has 1 aromatic rings. The van der Waals surface area contributed by atoms with Crippen LogP contribution in [0.3, 0.4) is 0 Å². The zero-order chi connectivity index (χ0) is 20.3. The number of aryl methyl sites for hydroxylation is 1. The van der Waals surface area contributed by atoms with E-state index in [4.69, 9.17) is 4.74 Å². The Bertz CT molecular complexity index is 790. The number of rotatable bonds is 7. The number of benzene rings is 1. The standard InChI is InChI=1S/C19H24N4O5/c1-19(10-9-12-3-7-14(28-2)8-4-12)16(25)23(18(27)22-19)11-15(24)21-17(26)20-13-5-6-13/h3-4,7-8,13H,5-6,9-11H2,1-2H3,(H,22,27)(H2,20,21,24,26)/t19-/m1/s1. The Kier molecular flexibility index (Phi) is 5.53. The summed E-state index contributed by atoms with van der Waals surface area (Å²) in [5.74, 6) is -0.451. The molecule has 0 spiro atoms. The molecule has 1 aliphatic carbocycles. The number of methoxy groups -OCH3 is 1. The lowest BCUT2D eigenvalue weighted by Gasteiger charge is -2.21. The molecule has 0 bridgehead atoms. The molecule has 9 nitrogen and oxygen atoms in total. The Morgan fingerprint density at radius 2 is 1.93 bits per heavy atom. The van der Waals surface area contributed by atoms with Crippen LogP contribution in [-0.2, 0) is 16.0 Å². The summed E-state index contributed by atoms with van der Waals surface area (Å²) in [6.07, 6.45) is 2.73. The van der Waals surface area contributed by atoms with Gasteiger partial charge < -0.3 is 15.4 Å². The van der Waals surface area contributed by atoms with Gasteiger partial charge in [0.1, 0.15) is 17.8 Å². The summed E-state index contributed by atoms with van der Waals surface area (Å²) in [6, 6.07) is 6.30. The van der Waals surface area contributed by atoms with Crippen LogP contribution in [-0.4, -0.2) is 54.0 Å². The van der Waals surface area contributed by atoms with Crippen molar-refractivity contribution in [2.45, 2.75) is 44.2 Å². The van der Waals surface area contributed by atoms with Crippen LogP contribution in [0.1, 0.15) is 31.7 Å².